The van der Waals surface area contributed by atoms with Crippen LogP contribution in [0.25, 0.3) is 0 Å². The van der Waals surface area contributed by atoms with Gasteiger partial charge in [0.25, 0.3) is 0 Å². The number of halogens is 4. The van der Waals surface area contributed by atoms with Crippen molar-refractivity contribution in [2.75, 3.05) is 25.6 Å². The molecule has 6 heteroatoms. The molecule has 0 aliphatic heterocycles. The van der Waals surface area contributed by atoms with Gasteiger partial charge in [0.1, 0.15) is 12.3 Å². The second kappa shape index (κ2) is 4.82. The highest BCUT2D eigenvalue weighted by molar-refractivity contribution is 6.32. The third-order valence-electron chi connectivity index (χ3n) is 1.99. The first-order valence-corrected chi connectivity index (χ1v) is 4.82. The summed E-state index contributed by atoms with van der Waals surface area (Å²) in [6.45, 7) is -1.02. The number of hydrogen-bond donors (Lipinski definition) is 0. The minimum Gasteiger partial charge on any atom is -0.495 e. The van der Waals surface area contributed by atoms with Crippen LogP contribution in [0.1, 0.15) is 0 Å². The monoisotopic (exact) mass is 253 g/mol. The number of hydrogen-bond acceptors (Lipinski definition) is 2. The van der Waals surface area contributed by atoms with Crippen molar-refractivity contribution < 1.29 is 17.9 Å². The lowest BCUT2D eigenvalue weighted by Gasteiger charge is -2.21. The maximum absolute atomic E-state index is 12.1. The molecule has 0 amide bonds. The first-order valence-electron chi connectivity index (χ1n) is 4.45. The normalized spacial score (nSPS) is 11.4. The van der Waals surface area contributed by atoms with Crippen molar-refractivity contribution in [1.82, 2.24) is 0 Å². The fourth-order valence-electron chi connectivity index (χ4n) is 1.25. The molecule has 0 unspecified atom stereocenters. The highest BCUT2D eigenvalue weighted by atomic mass is 35.5. The van der Waals surface area contributed by atoms with Gasteiger partial charge < -0.3 is 9.64 Å². The third kappa shape index (κ3) is 3.48. The summed E-state index contributed by atoms with van der Waals surface area (Å²) in [7, 11) is 2.80. The van der Waals surface area contributed by atoms with E-state index in [0.717, 1.165) is 4.90 Å². The van der Waals surface area contributed by atoms with Crippen LogP contribution in [0.3, 0.4) is 0 Å². The van der Waals surface area contributed by atoms with Crippen molar-refractivity contribution in [3.05, 3.63) is 23.2 Å². The summed E-state index contributed by atoms with van der Waals surface area (Å²) in [6, 6.07) is 4.49. The van der Waals surface area contributed by atoms with Crippen LogP contribution in [0.2, 0.25) is 5.02 Å². The first kappa shape index (κ1) is 13.0. The number of anilines is 1. The van der Waals surface area contributed by atoms with E-state index in [9.17, 15) is 13.2 Å². The summed E-state index contributed by atoms with van der Waals surface area (Å²) in [5.41, 5.74) is 0.392. The van der Waals surface area contributed by atoms with Gasteiger partial charge in [-0.1, -0.05) is 11.6 Å². The highest BCUT2D eigenvalue weighted by Gasteiger charge is 2.29. The standard InChI is InChI=1S/C10H11ClF3NO/c1-15(6-10(12,13)14)7-3-4-9(16-2)8(11)5-7/h3-5H,6H2,1-2H3. The first-order chi connectivity index (χ1) is 7.33. The molecular formula is C10H11ClF3NO. The lowest BCUT2D eigenvalue weighted by Crippen LogP contribution is -2.30. The van der Waals surface area contributed by atoms with E-state index in [0.29, 0.717) is 11.4 Å². The molecule has 90 valence electrons. The lowest BCUT2D eigenvalue weighted by molar-refractivity contribution is -0.119. The van der Waals surface area contributed by atoms with Crippen LogP contribution in [0.4, 0.5) is 18.9 Å². The van der Waals surface area contributed by atoms with Crippen molar-refractivity contribution in [3.63, 3.8) is 0 Å². The second-order valence-corrected chi connectivity index (χ2v) is 3.70. The summed E-state index contributed by atoms with van der Waals surface area (Å²) in [5.74, 6) is 0.436. The van der Waals surface area contributed by atoms with Crippen LogP contribution in [-0.2, 0) is 0 Å². The molecule has 2 nitrogen and oxygen atoms in total. The van der Waals surface area contributed by atoms with E-state index in [1.165, 1.54) is 32.4 Å². The predicted octanol–water partition coefficient (Wildman–Crippen LogP) is 3.35. The molecule has 0 aromatic heterocycles. The summed E-state index contributed by atoms with van der Waals surface area (Å²) in [6.07, 6.45) is -4.23. The fraction of sp³-hybridized carbons (Fsp3) is 0.400. The van der Waals surface area contributed by atoms with Gasteiger partial charge in [-0.3, -0.25) is 0 Å². The molecule has 0 spiro atoms. The molecule has 0 heterocycles. The molecule has 0 aliphatic carbocycles. The topological polar surface area (TPSA) is 12.5 Å². The van der Waals surface area contributed by atoms with E-state index in [4.69, 9.17) is 16.3 Å². The quantitative estimate of drug-likeness (QED) is 0.819. The Morgan fingerprint density at radius 2 is 2.00 bits per heavy atom. The van der Waals surface area contributed by atoms with E-state index in [1.54, 1.807) is 0 Å². The average molecular weight is 254 g/mol. The molecule has 0 saturated carbocycles. The van der Waals surface area contributed by atoms with Crippen LogP contribution in [-0.4, -0.2) is 26.9 Å². The smallest absolute Gasteiger partial charge is 0.405 e. The van der Waals surface area contributed by atoms with Crippen molar-refractivity contribution in [2.24, 2.45) is 0 Å². The number of benzene rings is 1. The molecule has 0 radical (unpaired) electrons. The van der Waals surface area contributed by atoms with E-state index < -0.39 is 12.7 Å². The Kier molecular flexibility index (Phi) is 3.91. The van der Waals surface area contributed by atoms with Gasteiger partial charge in [-0.05, 0) is 18.2 Å². The fourth-order valence-corrected chi connectivity index (χ4v) is 1.50. The minimum absolute atomic E-state index is 0.286. The van der Waals surface area contributed by atoms with Crippen molar-refractivity contribution in [1.29, 1.82) is 0 Å². The highest BCUT2D eigenvalue weighted by Crippen LogP contribution is 2.29. The zero-order valence-electron chi connectivity index (χ0n) is 8.81. The van der Waals surface area contributed by atoms with Gasteiger partial charge in [-0.25, -0.2) is 0 Å². The molecule has 0 fully saturated rings. The summed E-state index contributed by atoms with van der Waals surface area (Å²) < 4.78 is 41.3. The van der Waals surface area contributed by atoms with Crippen LogP contribution < -0.4 is 9.64 Å². The molecule has 1 aromatic carbocycles. The number of alkyl halides is 3. The Morgan fingerprint density at radius 3 is 2.44 bits per heavy atom. The van der Waals surface area contributed by atoms with E-state index in [2.05, 4.69) is 0 Å². The van der Waals surface area contributed by atoms with Gasteiger partial charge in [-0.2, -0.15) is 13.2 Å². The van der Waals surface area contributed by atoms with E-state index >= 15 is 0 Å². The Balaban J connectivity index is 2.85. The van der Waals surface area contributed by atoms with Crippen LogP contribution in [0.5, 0.6) is 5.75 Å². The third-order valence-corrected chi connectivity index (χ3v) is 2.29. The molecule has 16 heavy (non-hydrogen) atoms. The SMILES string of the molecule is COc1ccc(N(C)CC(F)(F)F)cc1Cl. The maximum Gasteiger partial charge on any atom is 0.405 e. The molecule has 0 saturated heterocycles. The average Bonchev–Trinajstić information content (AvgIpc) is 2.15. The molecule has 1 rings (SSSR count). The number of ether oxygens (including phenoxy) is 1. The Bertz CT molecular complexity index is 368. The van der Waals surface area contributed by atoms with Crippen molar-refractivity contribution >= 4 is 17.3 Å². The van der Waals surface area contributed by atoms with Crippen LogP contribution >= 0.6 is 11.6 Å². The number of methoxy groups -OCH3 is 1. The maximum atomic E-state index is 12.1. The molecule has 0 bridgehead atoms. The largest absolute Gasteiger partial charge is 0.495 e. The van der Waals surface area contributed by atoms with Crippen LogP contribution in [0, 0.1) is 0 Å². The van der Waals surface area contributed by atoms with Gasteiger partial charge >= 0.3 is 6.18 Å². The minimum atomic E-state index is -4.23. The summed E-state index contributed by atoms with van der Waals surface area (Å²) >= 11 is 5.81. The van der Waals surface area contributed by atoms with Gasteiger partial charge in [0, 0.05) is 12.7 Å². The molecule has 0 aliphatic rings. The molecular weight excluding hydrogens is 243 g/mol. The molecule has 0 atom stereocenters. The zero-order valence-corrected chi connectivity index (χ0v) is 9.56. The lowest BCUT2D eigenvalue weighted by atomic mass is 10.3. The molecule has 1 aromatic rings. The number of rotatable bonds is 3. The van der Waals surface area contributed by atoms with Crippen LogP contribution in [0.15, 0.2) is 18.2 Å². The summed E-state index contributed by atoms with van der Waals surface area (Å²) in [5, 5.41) is 0.286. The number of nitrogens with zero attached hydrogens (tertiary/aromatic N) is 1. The van der Waals surface area contributed by atoms with Gasteiger partial charge in [0.15, 0.2) is 0 Å². The predicted molar refractivity (Wildman–Crippen MR) is 57.3 cm³/mol. The van der Waals surface area contributed by atoms with Gasteiger partial charge in [0.2, 0.25) is 0 Å². The van der Waals surface area contributed by atoms with Gasteiger partial charge in [-0.15, -0.1) is 0 Å². The molecule has 0 N–H and O–H groups in total. The van der Waals surface area contributed by atoms with Crippen molar-refractivity contribution in [2.45, 2.75) is 6.18 Å². The van der Waals surface area contributed by atoms with Crippen molar-refractivity contribution in [3.8, 4) is 5.75 Å². The Labute approximate surface area is 96.6 Å². The van der Waals surface area contributed by atoms with E-state index in [-0.39, 0.29) is 5.02 Å². The zero-order chi connectivity index (χ0) is 12.3. The van der Waals surface area contributed by atoms with Gasteiger partial charge in [0.05, 0.1) is 12.1 Å². The summed E-state index contributed by atoms with van der Waals surface area (Å²) in [4.78, 5) is 1.07. The second-order valence-electron chi connectivity index (χ2n) is 3.29. The Hall–Kier alpha value is -1.10. The Morgan fingerprint density at radius 1 is 1.38 bits per heavy atom. The van der Waals surface area contributed by atoms with E-state index in [1.807, 2.05) is 0 Å².